The topological polar surface area (TPSA) is 43.8 Å². The first-order chi connectivity index (χ1) is 7.76. The van der Waals surface area contributed by atoms with Gasteiger partial charge in [-0.25, -0.2) is 0 Å². The van der Waals surface area contributed by atoms with Crippen molar-refractivity contribution >= 4 is 11.6 Å². The molecular formula is C12H14ClN3. The van der Waals surface area contributed by atoms with Crippen molar-refractivity contribution in [3.63, 3.8) is 0 Å². The highest BCUT2D eigenvalue weighted by Gasteiger charge is 2.06. The molecule has 0 saturated heterocycles. The Bertz CT molecular complexity index is 491. The zero-order chi connectivity index (χ0) is 11.5. The first-order valence-corrected chi connectivity index (χ1v) is 5.64. The van der Waals surface area contributed by atoms with Crippen LogP contribution in [-0.4, -0.2) is 9.78 Å². The van der Waals surface area contributed by atoms with Gasteiger partial charge in [0, 0.05) is 29.9 Å². The maximum absolute atomic E-state index is 6.03. The lowest BCUT2D eigenvalue weighted by molar-refractivity contribution is 0.667. The molecule has 2 N–H and O–H groups in total. The second-order valence-electron chi connectivity index (χ2n) is 3.54. The molecule has 3 nitrogen and oxygen atoms in total. The minimum Gasteiger partial charge on any atom is -0.326 e. The summed E-state index contributed by atoms with van der Waals surface area (Å²) in [6.45, 7) is 3.37. The summed E-state index contributed by atoms with van der Waals surface area (Å²) in [6, 6.07) is 7.88. The fraction of sp³-hybridized carbons (Fsp3) is 0.250. The van der Waals surface area contributed by atoms with E-state index in [9.17, 15) is 0 Å². The number of benzene rings is 1. The van der Waals surface area contributed by atoms with Gasteiger partial charge in [0.05, 0.1) is 5.69 Å². The second kappa shape index (κ2) is 4.68. The average Bonchev–Trinajstić information content (AvgIpc) is 2.78. The van der Waals surface area contributed by atoms with Crippen LogP contribution in [0.3, 0.4) is 0 Å². The SMILES string of the molecule is CCn1nccc1-c1ccc(Cl)c(CN)c1. The molecule has 0 aliphatic carbocycles. The molecule has 0 amide bonds. The summed E-state index contributed by atoms with van der Waals surface area (Å²) in [5.74, 6) is 0. The molecule has 0 saturated carbocycles. The zero-order valence-electron chi connectivity index (χ0n) is 9.15. The molecule has 4 heteroatoms. The van der Waals surface area contributed by atoms with Gasteiger partial charge >= 0.3 is 0 Å². The first-order valence-electron chi connectivity index (χ1n) is 5.27. The lowest BCUT2D eigenvalue weighted by Crippen LogP contribution is -2.01. The lowest BCUT2D eigenvalue weighted by atomic mass is 10.1. The zero-order valence-corrected chi connectivity index (χ0v) is 9.91. The first kappa shape index (κ1) is 11.2. The van der Waals surface area contributed by atoms with Crippen molar-refractivity contribution in [2.75, 3.05) is 0 Å². The summed E-state index contributed by atoms with van der Waals surface area (Å²) >= 11 is 6.03. The van der Waals surface area contributed by atoms with Crippen LogP contribution >= 0.6 is 11.6 Å². The molecule has 1 aromatic carbocycles. The van der Waals surface area contributed by atoms with E-state index in [1.165, 1.54) is 0 Å². The molecule has 16 heavy (non-hydrogen) atoms. The van der Waals surface area contributed by atoms with Crippen molar-refractivity contribution in [1.82, 2.24) is 9.78 Å². The summed E-state index contributed by atoms with van der Waals surface area (Å²) < 4.78 is 1.95. The second-order valence-corrected chi connectivity index (χ2v) is 3.95. The molecule has 2 aromatic rings. The van der Waals surface area contributed by atoms with Crippen LogP contribution < -0.4 is 5.73 Å². The van der Waals surface area contributed by atoms with Gasteiger partial charge in [-0.05, 0) is 30.7 Å². The van der Waals surface area contributed by atoms with Crippen LogP contribution in [0.15, 0.2) is 30.5 Å². The number of rotatable bonds is 3. The summed E-state index contributed by atoms with van der Waals surface area (Å²) in [6.07, 6.45) is 1.80. The van der Waals surface area contributed by atoms with E-state index in [1.807, 2.05) is 28.9 Å². The van der Waals surface area contributed by atoms with Gasteiger partial charge < -0.3 is 5.73 Å². The van der Waals surface area contributed by atoms with Gasteiger partial charge in [-0.15, -0.1) is 0 Å². The minimum atomic E-state index is 0.451. The maximum Gasteiger partial charge on any atom is 0.0682 e. The van der Waals surface area contributed by atoms with Gasteiger partial charge in [0.2, 0.25) is 0 Å². The predicted molar refractivity (Wildman–Crippen MR) is 66.2 cm³/mol. The Hall–Kier alpha value is -1.32. The lowest BCUT2D eigenvalue weighted by Gasteiger charge is -2.07. The number of hydrogen-bond acceptors (Lipinski definition) is 2. The van der Waals surface area contributed by atoms with Crippen LogP contribution in [0, 0.1) is 0 Å². The van der Waals surface area contributed by atoms with Crippen molar-refractivity contribution in [2.45, 2.75) is 20.0 Å². The van der Waals surface area contributed by atoms with Crippen LogP contribution in [0.4, 0.5) is 0 Å². The van der Waals surface area contributed by atoms with Crippen molar-refractivity contribution in [2.24, 2.45) is 5.73 Å². The number of halogens is 1. The molecule has 0 atom stereocenters. The Balaban J connectivity index is 2.48. The van der Waals surface area contributed by atoms with Gasteiger partial charge in [0.15, 0.2) is 0 Å². The van der Waals surface area contributed by atoms with Gasteiger partial charge in [-0.2, -0.15) is 5.10 Å². The van der Waals surface area contributed by atoms with Gasteiger partial charge in [0.1, 0.15) is 0 Å². The van der Waals surface area contributed by atoms with E-state index in [-0.39, 0.29) is 0 Å². The normalized spacial score (nSPS) is 10.7. The molecule has 0 bridgehead atoms. The number of aryl methyl sites for hydroxylation is 1. The van der Waals surface area contributed by atoms with Gasteiger partial charge in [-0.1, -0.05) is 17.7 Å². The fourth-order valence-corrected chi connectivity index (χ4v) is 1.92. The van der Waals surface area contributed by atoms with Crippen LogP contribution in [0.1, 0.15) is 12.5 Å². The maximum atomic E-state index is 6.03. The van der Waals surface area contributed by atoms with E-state index in [1.54, 1.807) is 6.20 Å². The number of nitrogens with zero attached hydrogens (tertiary/aromatic N) is 2. The fourth-order valence-electron chi connectivity index (χ4n) is 1.72. The van der Waals surface area contributed by atoms with E-state index in [4.69, 9.17) is 17.3 Å². The predicted octanol–water partition coefficient (Wildman–Crippen LogP) is 2.68. The minimum absolute atomic E-state index is 0.451. The molecule has 2 rings (SSSR count). The third kappa shape index (κ3) is 1.96. The number of nitrogens with two attached hydrogens (primary N) is 1. The molecule has 1 heterocycles. The highest BCUT2D eigenvalue weighted by Crippen LogP contribution is 2.24. The Morgan fingerprint density at radius 2 is 2.19 bits per heavy atom. The van der Waals surface area contributed by atoms with E-state index in [0.29, 0.717) is 11.6 Å². The Labute approximate surface area is 99.8 Å². The van der Waals surface area contributed by atoms with Gasteiger partial charge in [0.25, 0.3) is 0 Å². The summed E-state index contributed by atoms with van der Waals surface area (Å²) in [7, 11) is 0. The average molecular weight is 236 g/mol. The summed E-state index contributed by atoms with van der Waals surface area (Å²) in [5.41, 5.74) is 8.79. The smallest absolute Gasteiger partial charge is 0.0682 e. The quantitative estimate of drug-likeness (QED) is 0.889. The standard InChI is InChI=1S/C12H14ClN3/c1-2-16-12(5-6-15-16)9-3-4-11(13)10(7-9)8-14/h3-7H,2,8,14H2,1H3. The highest BCUT2D eigenvalue weighted by molar-refractivity contribution is 6.31. The van der Waals surface area contributed by atoms with Crippen LogP contribution in [0.25, 0.3) is 11.3 Å². The molecule has 0 radical (unpaired) electrons. The third-order valence-electron chi connectivity index (χ3n) is 2.58. The van der Waals surface area contributed by atoms with Crippen LogP contribution in [-0.2, 0) is 13.1 Å². The molecule has 1 aromatic heterocycles. The third-order valence-corrected chi connectivity index (χ3v) is 2.95. The van der Waals surface area contributed by atoms with Gasteiger partial charge in [-0.3, -0.25) is 4.68 Å². The molecule has 0 spiro atoms. The molecule has 0 unspecified atom stereocenters. The highest BCUT2D eigenvalue weighted by atomic mass is 35.5. The van der Waals surface area contributed by atoms with Crippen molar-refractivity contribution in [3.8, 4) is 11.3 Å². The van der Waals surface area contributed by atoms with Crippen LogP contribution in [0.5, 0.6) is 0 Å². The molecule has 0 aliphatic rings. The van der Waals surface area contributed by atoms with E-state index < -0.39 is 0 Å². The molecule has 0 fully saturated rings. The monoisotopic (exact) mass is 235 g/mol. The number of aromatic nitrogens is 2. The number of hydrogen-bond donors (Lipinski definition) is 1. The summed E-state index contributed by atoms with van der Waals surface area (Å²) in [4.78, 5) is 0. The Kier molecular flexibility index (Phi) is 3.27. The van der Waals surface area contributed by atoms with E-state index in [2.05, 4.69) is 12.0 Å². The van der Waals surface area contributed by atoms with E-state index in [0.717, 1.165) is 23.4 Å². The Morgan fingerprint density at radius 3 is 2.88 bits per heavy atom. The Morgan fingerprint density at radius 1 is 1.38 bits per heavy atom. The van der Waals surface area contributed by atoms with Crippen molar-refractivity contribution in [3.05, 3.63) is 41.0 Å². The van der Waals surface area contributed by atoms with E-state index >= 15 is 0 Å². The summed E-state index contributed by atoms with van der Waals surface area (Å²) in [5, 5.41) is 4.96. The van der Waals surface area contributed by atoms with Crippen molar-refractivity contribution in [1.29, 1.82) is 0 Å². The molecule has 84 valence electrons. The molecule has 0 aliphatic heterocycles. The largest absolute Gasteiger partial charge is 0.326 e. The van der Waals surface area contributed by atoms with Crippen LogP contribution in [0.2, 0.25) is 5.02 Å². The van der Waals surface area contributed by atoms with Crippen molar-refractivity contribution < 1.29 is 0 Å². The molecular weight excluding hydrogens is 222 g/mol.